The first kappa shape index (κ1) is 17.7. The minimum atomic E-state index is -0.531. The van der Waals surface area contributed by atoms with Crippen molar-refractivity contribution in [2.75, 3.05) is 0 Å². The van der Waals surface area contributed by atoms with Crippen molar-refractivity contribution >= 4 is 11.8 Å². The highest BCUT2D eigenvalue weighted by Crippen LogP contribution is 2.53. The molecule has 5 nitrogen and oxygen atoms in total. The number of nitrogens with one attached hydrogen (secondary N) is 1. The molecule has 0 spiro atoms. The Morgan fingerprint density at radius 1 is 0.963 bits per heavy atom. The molecule has 0 saturated carbocycles. The molecule has 2 amide bonds. The first-order chi connectivity index (χ1) is 12.8. The zero-order chi connectivity index (χ0) is 19.3. The molecule has 0 aliphatic carbocycles. The fourth-order valence-electron chi connectivity index (χ4n) is 4.34. The van der Waals surface area contributed by atoms with Gasteiger partial charge < -0.3 is 4.90 Å². The van der Waals surface area contributed by atoms with E-state index in [1.165, 1.54) is 5.56 Å². The monoisotopic (exact) mass is 364 g/mol. The molecule has 2 aromatic carbocycles. The Hall–Kier alpha value is -2.66. The van der Waals surface area contributed by atoms with E-state index < -0.39 is 5.91 Å². The molecule has 0 radical (unpaired) electrons. The van der Waals surface area contributed by atoms with Crippen LogP contribution in [-0.2, 0) is 5.41 Å². The molecular weight excluding hydrogens is 340 g/mol. The average molecular weight is 364 g/mol. The number of rotatable bonds is 2. The number of hydrogen-bond donors (Lipinski definition) is 2. The summed E-state index contributed by atoms with van der Waals surface area (Å²) in [4.78, 5) is 26.9. The van der Waals surface area contributed by atoms with E-state index in [0.29, 0.717) is 11.1 Å². The third-order valence-electron chi connectivity index (χ3n) is 5.79. The molecule has 2 unspecified atom stereocenters. The number of nitrogens with zero attached hydrogens (tertiary/aromatic N) is 1. The van der Waals surface area contributed by atoms with Gasteiger partial charge in [0.1, 0.15) is 0 Å². The summed E-state index contributed by atoms with van der Waals surface area (Å²) in [6.07, 6.45) is 1.84. The lowest BCUT2D eigenvalue weighted by atomic mass is 9.86. The molecule has 2 atom stereocenters. The van der Waals surface area contributed by atoms with E-state index in [1.807, 2.05) is 35.2 Å². The first-order valence-corrected chi connectivity index (χ1v) is 9.33. The fourth-order valence-corrected chi connectivity index (χ4v) is 4.34. The van der Waals surface area contributed by atoms with Crippen LogP contribution >= 0.6 is 0 Å². The van der Waals surface area contributed by atoms with Crippen LogP contribution in [0.5, 0.6) is 0 Å². The Balaban J connectivity index is 1.63. The first-order valence-electron chi connectivity index (χ1n) is 9.33. The van der Waals surface area contributed by atoms with Gasteiger partial charge in [-0.05, 0) is 59.2 Å². The van der Waals surface area contributed by atoms with Crippen LogP contribution in [0.3, 0.4) is 0 Å². The maximum absolute atomic E-state index is 13.2. The molecule has 27 heavy (non-hydrogen) atoms. The zero-order valence-electron chi connectivity index (χ0n) is 15.8. The molecule has 0 aromatic heterocycles. The summed E-state index contributed by atoms with van der Waals surface area (Å²) >= 11 is 0. The van der Waals surface area contributed by atoms with Crippen molar-refractivity contribution in [1.82, 2.24) is 10.4 Å². The summed E-state index contributed by atoms with van der Waals surface area (Å²) in [5, 5.41) is 8.87. The standard InChI is InChI=1S/C22H24N2O3/c1-22(2,3)15-7-4-13(5-8-15)21(26)24-18-10-11-19(24)17-12-14(20(25)23-27)6-9-16(17)18/h4-9,12,18-19,27H,10-11H2,1-3H3,(H,23,25). The van der Waals surface area contributed by atoms with Gasteiger partial charge in [-0.3, -0.25) is 14.8 Å². The van der Waals surface area contributed by atoms with Crippen LogP contribution < -0.4 is 5.48 Å². The second kappa shape index (κ2) is 6.20. The minimum Gasteiger partial charge on any atom is -0.325 e. The topological polar surface area (TPSA) is 69.6 Å². The van der Waals surface area contributed by atoms with Gasteiger partial charge in [0.05, 0.1) is 12.1 Å². The predicted octanol–water partition coefficient (Wildman–Crippen LogP) is 4.14. The quantitative estimate of drug-likeness (QED) is 0.622. The number of carbonyl (C=O) groups excluding carboxylic acids is 2. The molecule has 2 bridgehead atoms. The Kier molecular flexibility index (Phi) is 4.07. The molecule has 140 valence electrons. The van der Waals surface area contributed by atoms with Gasteiger partial charge in [0.2, 0.25) is 0 Å². The van der Waals surface area contributed by atoms with Crippen LogP contribution in [0.4, 0.5) is 0 Å². The Morgan fingerprint density at radius 2 is 1.56 bits per heavy atom. The van der Waals surface area contributed by atoms with Crippen LogP contribution in [0.15, 0.2) is 42.5 Å². The van der Waals surface area contributed by atoms with E-state index in [1.54, 1.807) is 17.6 Å². The lowest BCUT2D eigenvalue weighted by molar-refractivity contribution is 0.0696. The van der Waals surface area contributed by atoms with Gasteiger partial charge in [0.25, 0.3) is 11.8 Å². The van der Waals surface area contributed by atoms with Crippen molar-refractivity contribution in [1.29, 1.82) is 0 Å². The summed E-state index contributed by atoms with van der Waals surface area (Å²) in [5.41, 5.74) is 6.16. The highest BCUT2D eigenvalue weighted by Gasteiger charge is 2.46. The lowest BCUT2D eigenvalue weighted by Crippen LogP contribution is -2.28. The van der Waals surface area contributed by atoms with Crippen LogP contribution in [-0.4, -0.2) is 21.9 Å². The predicted molar refractivity (Wildman–Crippen MR) is 102 cm³/mol. The molecule has 2 aliphatic heterocycles. The van der Waals surface area contributed by atoms with Crippen molar-refractivity contribution in [3.05, 3.63) is 70.3 Å². The Labute approximate surface area is 159 Å². The highest BCUT2D eigenvalue weighted by atomic mass is 16.5. The molecule has 2 aromatic rings. The number of carbonyl (C=O) groups is 2. The Bertz CT molecular complexity index is 912. The maximum Gasteiger partial charge on any atom is 0.274 e. The molecule has 5 heteroatoms. The van der Waals surface area contributed by atoms with Gasteiger partial charge in [-0.1, -0.05) is 39.0 Å². The van der Waals surface area contributed by atoms with Crippen molar-refractivity contribution in [3.63, 3.8) is 0 Å². The van der Waals surface area contributed by atoms with Crippen LogP contribution in [0.25, 0.3) is 0 Å². The third kappa shape index (κ3) is 2.82. The van der Waals surface area contributed by atoms with Crippen molar-refractivity contribution in [2.45, 2.75) is 51.1 Å². The van der Waals surface area contributed by atoms with Crippen LogP contribution in [0, 0.1) is 0 Å². The van der Waals surface area contributed by atoms with Gasteiger partial charge in [-0.15, -0.1) is 0 Å². The van der Waals surface area contributed by atoms with Crippen molar-refractivity contribution < 1.29 is 14.8 Å². The van der Waals surface area contributed by atoms with E-state index >= 15 is 0 Å². The summed E-state index contributed by atoms with van der Waals surface area (Å²) in [6.45, 7) is 6.46. The van der Waals surface area contributed by atoms with Gasteiger partial charge in [-0.25, -0.2) is 5.48 Å². The van der Waals surface area contributed by atoms with E-state index in [0.717, 1.165) is 24.0 Å². The van der Waals surface area contributed by atoms with Gasteiger partial charge in [0.15, 0.2) is 0 Å². The third-order valence-corrected chi connectivity index (χ3v) is 5.79. The van der Waals surface area contributed by atoms with E-state index in [9.17, 15) is 9.59 Å². The molecular formula is C22H24N2O3. The van der Waals surface area contributed by atoms with Crippen LogP contribution in [0.1, 0.15) is 83.1 Å². The molecule has 2 N–H and O–H groups in total. The number of amides is 2. The number of hydroxylamine groups is 1. The zero-order valence-corrected chi connectivity index (χ0v) is 15.8. The normalized spacial score (nSPS) is 20.5. The summed E-state index contributed by atoms with van der Waals surface area (Å²) in [7, 11) is 0. The summed E-state index contributed by atoms with van der Waals surface area (Å²) in [5.74, 6) is -0.497. The average Bonchev–Trinajstić information content (AvgIpc) is 3.23. The smallest absolute Gasteiger partial charge is 0.274 e. The summed E-state index contributed by atoms with van der Waals surface area (Å²) in [6, 6.07) is 13.3. The van der Waals surface area contributed by atoms with Gasteiger partial charge >= 0.3 is 0 Å². The van der Waals surface area contributed by atoms with E-state index in [2.05, 4.69) is 20.8 Å². The van der Waals surface area contributed by atoms with Gasteiger partial charge in [0, 0.05) is 11.1 Å². The number of benzene rings is 2. The largest absolute Gasteiger partial charge is 0.325 e. The van der Waals surface area contributed by atoms with E-state index in [-0.39, 0.29) is 23.4 Å². The highest BCUT2D eigenvalue weighted by molar-refractivity contribution is 5.96. The summed E-state index contributed by atoms with van der Waals surface area (Å²) < 4.78 is 0. The molecule has 1 saturated heterocycles. The lowest BCUT2D eigenvalue weighted by Gasteiger charge is -2.24. The maximum atomic E-state index is 13.2. The van der Waals surface area contributed by atoms with Crippen LogP contribution in [0.2, 0.25) is 0 Å². The molecule has 4 rings (SSSR count). The van der Waals surface area contributed by atoms with Crippen molar-refractivity contribution in [3.8, 4) is 0 Å². The molecule has 2 aliphatic rings. The minimum absolute atomic E-state index is 0.00812. The second-order valence-electron chi connectivity index (χ2n) is 8.43. The molecule has 2 heterocycles. The van der Waals surface area contributed by atoms with Gasteiger partial charge in [-0.2, -0.15) is 0 Å². The molecule has 1 fully saturated rings. The van der Waals surface area contributed by atoms with Crippen molar-refractivity contribution in [2.24, 2.45) is 0 Å². The Morgan fingerprint density at radius 3 is 2.15 bits per heavy atom. The second-order valence-corrected chi connectivity index (χ2v) is 8.43. The fraction of sp³-hybridized carbons (Fsp3) is 0.364. The number of fused-ring (bicyclic) bond motifs is 5. The number of hydrogen-bond acceptors (Lipinski definition) is 3. The SMILES string of the molecule is CC(C)(C)c1ccc(C(=O)N2C3CCC2c2cc(C(=O)NO)ccc23)cc1. The van der Waals surface area contributed by atoms with E-state index in [4.69, 9.17) is 5.21 Å².